The molecule has 1 aliphatic rings. The smallest absolute Gasteiger partial charge is 0.311 e. The lowest BCUT2D eigenvalue weighted by Gasteiger charge is -2.29. The maximum Gasteiger partial charge on any atom is 0.449 e. The van der Waals surface area contributed by atoms with Crippen LogP contribution >= 0.6 is 0 Å². The molecule has 6 heteroatoms. The fourth-order valence-electron chi connectivity index (χ4n) is 1.23. The molecular formula is C7H10F3N3. The van der Waals surface area contributed by atoms with E-state index in [9.17, 15) is 13.2 Å². The molecule has 1 saturated heterocycles. The summed E-state index contributed by atoms with van der Waals surface area (Å²) in [6.07, 6.45) is -2.95. The summed E-state index contributed by atoms with van der Waals surface area (Å²) in [5.41, 5.74) is 0. The second kappa shape index (κ2) is 3.35. The lowest BCUT2D eigenvalue weighted by molar-refractivity contribution is -0.0673. The van der Waals surface area contributed by atoms with Gasteiger partial charge in [-0.1, -0.05) is 0 Å². The SMILES string of the molecule is N=C1CCCCN1C(=N)C(F)(F)F. The van der Waals surface area contributed by atoms with E-state index in [0.29, 0.717) is 12.8 Å². The molecule has 0 radical (unpaired) electrons. The van der Waals surface area contributed by atoms with Crippen LogP contribution in [0, 0.1) is 10.8 Å². The zero-order valence-electron chi connectivity index (χ0n) is 6.91. The molecule has 1 heterocycles. The number of nitrogens with one attached hydrogen (secondary N) is 2. The van der Waals surface area contributed by atoms with Crippen LogP contribution in [0.4, 0.5) is 13.2 Å². The van der Waals surface area contributed by atoms with Gasteiger partial charge in [-0.3, -0.25) is 10.8 Å². The van der Waals surface area contributed by atoms with Crippen molar-refractivity contribution in [2.24, 2.45) is 0 Å². The van der Waals surface area contributed by atoms with Gasteiger partial charge in [0.1, 0.15) is 5.84 Å². The van der Waals surface area contributed by atoms with Gasteiger partial charge in [0.05, 0.1) is 0 Å². The zero-order valence-corrected chi connectivity index (χ0v) is 6.91. The van der Waals surface area contributed by atoms with Crippen LogP contribution < -0.4 is 0 Å². The highest BCUT2D eigenvalue weighted by Crippen LogP contribution is 2.22. The van der Waals surface area contributed by atoms with Crippen molar-refractivity contribution in [3.8, 4) is 0 Å². The second-order valence-electron chi connectivity index (χ2n) is 2.90. The highest BCUT2D eigenvalue weighted by molar-refractivity contribution is 6.00. The molecule has 74 valence electrons. The van der Waals surface area contributed by atoms with Crippen LogP contribution in [0.25, 0.3) is 0 Å². The minimum absolute atomic E-state index is 0.103. The summed E-state index contributed by atoms with van der Waals surface area (Å²) in [7, 11) is 0. The molecule has 1 rings (SSSR count). The Bertz CT molecular complexity index is 234. The topological polar surface area (TPSA) is 50.9 Å². The summed E-state index contributed by atoms with van der Waals surface area (Å²) >= 11 is 0. The average Bonchev–Trinajstić information content (AvgIpc) is 2.02. The van der Waals surface area contributed by atoms with Crippen molar-refractivity contribution in [3.63, 3.8) is 0 Å². The van der Waals surface area contributed by atoms with Crippen LogP contribution in [0.2, 0.25) is 0 Å². The predicted molar refractivity (Wildman–Crippen MR) is 42.1 cm³/mol. The van der Waals surface area contributed by atoms with Crippen molar-refractivity contribution < 1.29 is 13.2 Å². The molecular weight excluding hydrogens is 183 g/mol. The van der Waals surface area contributed by atoms with Gasteiger partial charge < -0.3 is 4.90 Å². The first-order valence-corrected chi connectivity index (χ1v) is 3.93. The summed E-state index contributed by atoms with van der Waals surface area (Å²) in [6.45, 7) is 0.136. The number of amidine groups is 2. The molecule has 0 aromatic carbocycles. The summed E-state index contributed by atoms with van der Waals surface area (Å²) in [5.74, 6) is -1.52. The van der Waals surface area contributed by atoms with Gasteiger partial charge in [-0.25, -0.2) is 0 Å². The molecule has 0 aromatic rings. The molecule has 0 saturated carbocycles. The monoisotopic (exact) mass is 193 g/mol. The van der Waals surface area contributed by atoms with E-state index in [4.69, 9.17) is 10.8 Å². The predicted octanol–water partition coefficient (Wildman–Crippen LogP) is 1.99. The number of hydrogen-bond donors (Lipinski definition) is 2. The molecule has 0 bridgehead atoms. The number of halogens is 3. The van der Waals surface area contributed by atoms with Crippen LogP contribution in [0.1, 0.15) is 19.3 Å². The maximum absolute atomic E-state index is 12.0. The van der Waals surface area contributed by atoms with Crippen LogP contribution in [-0.4, -0.2) is 29.3 Å². The molecule has 2 N–H and O–H groups in total. The summed E-state index contributed by atoms with van der Waals surface area (Å²) < 4.78 is 36.1. The fourth-order valence-corrected chi connectivity index (χ4v) is 1.23. The van der Waals surface area contributed by atoms with Gasteiger partial charge in [-0.05, 0) is 12.8 Å². The normalized spacial score (nSPS) is 19.0. The first-order valence-electron chi connectivity index (χ1n) is 3.93. The van der Waals surface area contributed by atoms with E-state index in [-0.39, 0.29) is 12.4 Å². The Morgan fingerprint density at radius 2 is 1.92 bits per heavy atom. The Balaban J connectivity index is 2.70. The van der Waals surface area contributed by atoms with E-state index in [1.807, 2.05) is 0 Å². The largest absolute Gasteiger partial charge is 0.449 e. The van der Waals surface area contributed by atoms with Crippen LogP contribution in [0.5, 0.6) is 0 Å². The first-order chi connectivity index (χ1) is 5.93. The van der Waals surface area contributed by atoms with E-state index < -0.39 is 12.0 Å². The number of nitrogens with zero attached hydrogens (tertiary/aromatic N) is 1. The standard InChI is InChI=1S/C7H10F3N3/c8-7(9,10)6(12)13-4-2-1-3-5(13)11/h11-12H,1-4H2. The Kier molecular flexibility index (Phi) is 2.58. The molecule has 1 fully saturated rings. The minimum Gasteiger partial charge on any atom is -0.311 e. The van der Waals surface area contributed by atoms with Crippen molar-refractivity contribution in [2.45, 2.75) is 25.4 Å². The molecule has 0 spiro atoms. The van der Waals surface area contributed by atoms with Gasteiger partial charge in [0.2, 0.25) is 5.84 Å². The highest BCUT2D eigenvalue weighted by atomic mass is 19.4. The number of piperidine rings is 1. The summed E-state index contributed by atoms with van der Waals surface area (Å²) in [5, 5.41) is 14.1. The van der Waals surface area contributed by atoms with Crippen molar-refractivity contribution in [1.82, 2.24) is 4.90 Å². The molecule has 0 atom stereocenters. The van der Waals surface area contributed by atoms with E-state index in [1.165, 1.54) is 0 Å². The molecule has 13 heavy (non-hydrogen) atoms. The maximum atomic E-state index is 12.0. The Morgan fingerprint density at radius 1 is 1.31 bits per heavy atom. The number of hydrogen-bond acceptors (Lipinski definition) is 2. The minimum atomic E-state index is -4.64. The van der Waals surface area contributed by atoms with E-state index >= 15 is 0 Å². The van der Waals surface area contributed by atoms with Gasteiger partial charge in [0.25, 0.3) is 0 Å². The molecule has 3 nitrogen and oxygen atoms in total. The lowest BCUT2D eigenvalue weighted by atomic mass is 10.1. The van der Waals surface area contributed by atoms with Crippen molar-refractivity contribution >= 4 is 11.7 Å². The zero-order chi connectivity index (χ0) is 10.1. The molecule has 0 aliphatic carbocycles. The van der Waals surface area contributed by atoms with Crippen molar-refractivity contribution in [1.29, 1.82) is 10.8 Å². The van der Waals surface area contributed by atoms with Crippen molar-refractivity contribution in [2.75, 3.05) is 6.54 Å². The highest BCUT2D eigenvalue weighted by Gasteiger charge is 2.40. The fraction of sp³-hybridized carbons (Fsp3) is 0.714. The van der Waals surface area contributed by atoms with Gasteiger partial charge >= 0.3 is 6.18 Å². The van der Waals surface area contributed by atoms with E-state index in [1.54, 1.807) is 0 Å². The third-order valence-corrected chi connectivity index (χ3v) is 1.91. The lowest BCUT2D eigenvalue weighted by Crippen LogP contribution is -2.46. The Hall–Kier alpha value is -1.07. The van der Waals surface area contributed by atoms with Crippen LogP contribution in [0.3, 0.4) is 0 Å². The van der Waals surface area contributed by atoms with Crippen LogP contribution in [0.15, 0.2) is 0 Å². The number of alkyl halides is 3. The van der Waals surface area contributed by atoms with Gasteiger partial charge in [0, 0.05) is 13.0 Å². The number of rotatable bonds is 0. The summed E-state index contributed by atoms with van der Waals surface area (Å²) in [4.78, 5) is 0.726. The molecule has 0 unspecified atom stereocenters. The van der Waals surface area contributed by atoms with Gasteiger partial charge in [0.15, 0.2) is 0 Å². The molecule has 1 aliphatic heterocycles. The Labute approximate surface area is 73.6 Å². The third kappa shape index (κ3) is 2.19. The van der Waals surface area contributed by atoms with E-state index in [2.05, 4.69) is 0 Å². The quantitative estimate of drug-likeness (QED) is 0.448. The van der Waals surface area contributed by atoms with Gasteiger partial charge in [-0.15, -0.1) is 0 Å². The second-order valence-corrected chi connectivity index (χ2v) is 2.90. The first kappa shape index (κ1) is 10.0. The molecule has 0 aromatic heterocycles. The Morgan fingerprint density at radius 3 is 2.38 bits per heavy atom. The van der Waals surface area contributed by atoms with Crippen LogP contribution in [-0.2, 0) is 0 Å². The molecule has 0 amide bonds. The number of likely N-dealkylation sites (tertiary alicyclic amines) is 1. The average molecular weight is 193 g/mol. The van der Waals surface area contributed by atoms with E-state index in [0.717, 1.165) is 11.3 Å². The van der Waals surface area contributed by atoms with Gasteiger partial charge in [-0.2, -0.15) is 13.2 Å². The van der Waals surface area contributed by atoms with Crippen molar-refractivity contribution in [3.05, 3.63) is 0 Å². The third-order valence-electron chi connectivity index (χ3n) is 1.91. The summed E-state index contributed by atoms with van der Waals surface area (Å²) in [6, 6.07) is 0.